The maximum absolute atomic E-state index is 12.7. The number of rotatable bonds is 3. The quantitative estimate of drug-likeness (QED) is 0.767. The molecule has 0 aromatic carbocycles. The molecule has 128 valence electrons. The molecule has 0 radical (unpaired) electrons. The Morgan fingerprint density at radius 2 is 1.67 bits per heavy atom. The monoisotopic (exact) mass is 329 g/mol. The van der Waals surface area contributed by atoms with Gasteiger partial charge >= 0.3 is 0 Å². The molecule has 3 aliphatic rings. The van der Waals surface area contributed by atoms with E-state index >= 15 is 0 Å². The largest absolute Gasteiger partial charge is 0.338 e. The van der Waals surface area contributed by atoms with Gasteiger partial charge in [-0.25, -0.2) is 9.97 Å². The van der Waals surface area contributed by atoms with E-state index in [9.17, 15) is 9.59 Å². The van der Waals surface area contributed by atoms with E-state index in [0.29, 0.717) is 13.1 Å². The third-order valence-electron chi connectivity index (χ3n) is 5.60. The summed E-state index contributed by atoms with van der Waals surface area (Å²) in [6, 6.07) is 1.81. The first-order valence-corrected chi connectivity index (χ1v) is 8.77. The minimum Gasteiger partial charge on any atom is -0.338 e. The summed E-state index contributed by atoms with van der Waals surface area (Å²) in [6.07, 6.45) is 7.82. The first kappa shape index (κ1) is 15.5. The first-order valence-electron chi connectivity index (χ1n) is 8.77. The fraction of sp³-hybridized carbons (Fsp3) is 0.647. The van der Waals surface area contributed by atoms with Crippen LogP contribution in [0.4, 0.5) is 5.95 Å². The van der Waals surface area contributed by atoms with Crippen molar-refractivity contribution < 1.29 is 9.59 Å². The number of aromatic nitrogens is 2. The second kappa shape index (κ2) is 6.12. The van der Waals surface area contributed by atoms with Gasteiger partial charge in [-0.2, -0.15) is 0 Å². The van der Waals surface area contributed by atoms with E-state index in [1.807, 2.05) is 6.07 Å². The van der Waals surface area contributed by atoms with Gasteiger partial charge < -0.3 is 4.90 Å². The van der Waals surface area contributed by atoms with Crippen LogP contribution in [0.1, 0.15) is 32.1 Å². The zero-order chi connectivity index (χ0) is 16.6. The summed E-state index contributed by atoms with van der Waals surface area (Å²) < 4.78 is 0. The molecule has 2 saturated heterocycles. The van der Waals surface area contributed by atoms with E-state index in [2.05, 4.69) is 19.8 Å². The van der Waals surface area contributed by atoms with Gasteiger partial charge in [0.2, 0.25) is 17.8 Å². The SMILES string of the molecule is O=C1CC2(CCCC2)C(=O)N1CN1CCN(c2ncccn2)CC1. The van der Waals surface area contributed by atoms with Crippen molar-refractivity contribution in [3.63, 3.8) is 0 Å². The van der Waals surface area contributed by atoms with E-state index < -0.39 is 0 Å². The lowest BCUT2D eigenvalue weighted by Gasteiger charge is -2.36. The average Bonchev–Trinajstić information content (AvgIpc) is 3.17. The van der Waals surface area contributed by atoms with Gasteiger partial charge in [-0.05, 0) is 18.9 Å². The first-order chi connectivity index (χ1) is 11.7. The molecule has 24 heavy (non-hydrogen) atoms. The zero-order valence-electron chi connectivity index (χ0n) is 13.9. The van der Waals surface area contributed by atoms with Crippen LogP contribution in [-0.4, -0.2) is 64.4 Å². The number of carbonyl (C=O) groups is 2. The van der Waals surface area contributed by atoms with Crippen molar-refractivity contribution in [1.82, 2.24) is 19.8 Å². The van der Waals surface area contributed by atoms with Gasteiger partial charge in [-0.3, -0.25) is 19.4 Å². The van der Waals surface area contributed by atoms with Gasteiger partial charge in [0.1, 0.15) is 0 Å². The Balaban J connectivity index is 1.36. The van der Waals surface area contributed by atoms with Crippen LogP contribution >= 0.6 is 0 Å². The molecule has 0 unspecified atom stereocenters. The summed E-state index contributed by atoms with van der Waals surface area (Å²) in [7, 11) is 0. The van der Waals surface area contributed by atoms with Gasteiger partial charge in [-0.1, -0.05) is 12.8 Å². The minimum atomic E-state index is -0.364. The van der Waals surface area contributed by atoms with Crippen LogP contribution in [0.3, 0.4) is 0 Å². The lowest BCUT2D eigenvalue weighted by Crippen LogP contribution is -2.52. The second-order valence-corrected chi connectivity index (χ2v) is 7.09. The van der Waals surface area contributed by atoms with Crippen LogP contribution in [0, 0.1) is 5.41 Å². The third-order valence-corrected chi connectivity index (χ3v) is 5.60. The molecular weight excluding hydrogens is 306 g/mol. The highest BCUT2D eigenvalue weighted by molar-refractivity contribution is 6.06. The average molecular weight is 329 g/mol. The van der Waals surface area contributed by atoms with E-state index in [4.69, 9.17) is 0 Å². The predicted octanol–water partition coefficient (Wildman–Crippen LogP) is 0.875. The van der Waals surface area contributed by atoms with E-state index in [1.165, 1.54) is 4.90 Å². The van der Waals surface area contributed by atoms with E-state index in [-0.39, 0.29) is 17.2 Å². The number of piperazine rings is 1. The van der Waals surface area contributed by atoms with Crippen LogP contribution in [0.25, 0.3) is 0 Å². The van der Waals surface area contributed by atoms with Crippen LogP contribution in [-0.2, 0) is 9.59 Å². The molecule has 2 aliphatic heterocycles. The van der Waals surface area contributed by atoms with Gasteiger partial charge in [0, 0.05) is 45.0 Å². The summed E-state index contributed by atoms with van der Waals surface area (Å²) in [6.45, 7) is 3.67. The van der Waals surface area contributed by atoms with Crippen molar-refractivity contribution in [3.8, 4) is 0 Å². The molecule has 1 aromatic rings. The summed E-state index contributed by atoms with van der Waals surface area (Å²) >= 11 is 0. The molecule has 4 rings (SSSR count). The molecule has 7 heteroatoms. The van der Waals surface area contributed by atoms with Crippen LogP contribution in [0.5, 0.6) is 0 Å². The Kier molecular flexibility index (Phi) is 3.96. The molecule has 7 nitrogen and oxygen atoms in total. The third kappa shape index (κ3) is 2.66. The van der Waals surface area contributed by atoms with E-state index in [0.717, 1.165) is 57.8 Å². The maximum atomic E-state index is 12.7. The van der Waals surface area contributed by atoms with Crippen molar-refractivity contribution in [2.24, 2.45) is 5.41 Å². The molecular formula is C17H23N5O2. The van der Waals surface area contributed by atoms with Crippen LogP contribution in [0.2, 0.25) is 0 Å². The number of anilines is 1. The fourth-order valence-corrected chi connectivity index (χ4v) is 4.19. The van der Waals surface area contributed by atoms with Gasteiger partial charge in [-0.15, -0.1) is 0 Å². The molecule has 0 N–H and O–H groups in total. The summed E-state index contributed by atoms with van der Waals surface area (Å²) in [5, 5.41) is 0. The van der Waals surface area contributed by atoms with Crippen LogP contribution < -0.4 is 4.90 Å². The Labute approximate surface area is 141 Å². The second-order valence-electron chi connectivity index (χ2n) is 7.09. The maximum Gasteiger partial charge on any atom is 0.237 e. The van der Waals surface area contributed by atoms with Gasteiger partial charge in [0.15, 0.2) is 0 Å². The molecule has 1 aromatic heterocycles. The summed E-state index contributed by atoms with van der Waals surface area (Å²) in [5.41, 5.74) is -0.364. The van der Waals surface area contributed by atoms with Crippen molar-refractivity contribution in [2.75, 3.05) is 37.7 Å². The standard InChI is InChI=1S/C17H23N5O2/c23-14-12-17(4-1-2-5-17)15(24)22(14)13-20-8-10-21(11-9-20)16-18-6-3-7-19-16/h3,6-7H,1-2,4-5,8-13H2. The predicted molar refractivity (Wildman–Crippen MR) is 88.1 cm³/mol. The highest BCUT2D eigenvalue weighted by Gasteiger charge is 2.52. The lowest BCUT2D eigenvalue weighted by atomic mass is 9.85. The topological polar surface area (TPSA) is 69.6 Å². The van der Waals surface area contributed by atoms with Crippen LogP contribution in [0.15, 0.2) is 18.5 Å². The Morgan fingerprint density at radius 1 is 1.00 bits per heavy atom. The number of hydrogen-bond donors (Lipinski definition) is 0. The summed E-state index contributed by atoms with van der Waals surface area (Å²) in [4.78, 5) is 39.5. The Bertz CT molecular complexity index is 621. The number of carbonyl (C=O) groups excluding carboxylic acids is 2. The number of hydrogen-bond acceptors (Lipinski definition) is 6. The highest BCUT2D eigenvalue weighted by Crippen LogP contribution is 2.46. The van der Waals surface area contributed by atoms with E-state index in [1.54, 1.807) is 12.4 Å². The number of amides is 2. The normalized spacial score (nSPS) is 24.3. The lowest BCUT2D eigenvalue weighted by molar-refractivity contribution is -0.143. The Hall–Kier alpha value is -2.02. The molecule has 0 bridgehead atoms. The Morgan fingerprint density at radius 3 is 2.33 bits per heavy atom. The van der Waals surface area contributed by atoms with Crippen molar-refractivity contribution >= 4 is 17.8 Å². The molecule has 1 aliphatic carbocycles. The minimum absolute atomic E-state index is 0.00993. The van der Waals surface area contributed by atoms with Gasteiger partial charge in [0.05, 0.1) is 12.1 Å². The summed E-state index contributed by atoms with van der Waals surface area (Å²) in [5.74, 6) is 0.824. The molecule has 0 atom stereocenters. The molecule has 3 fully saturated rings. The number of imide groups is 1. The zero-order valence-corrected chi connectivity index (χ0v) is 13.9. The highest BCUT2D eigenvalue weighted by atomic mass is 16.2. The van der Waals surface area contributed by atoms with Crippen molar-refractivity contribution in [3.05, 3.63) is 18.5 Å². The van der Waals surface area contributed by atoms with Crippen molar-refractivity contribution in [2.45, 2.75) is 32.1 Å². The smallest absolute Gasteiger partial charge is 0.237 e. The molecule has 1 spiro atoms. The fourth-order valence-electron chi connectivity index (χ4n) is 4.19. The number of likely N-dealkylation sites (tertiary alicyclic amines) is 1. The van der Waals surface area contributed by atoms with Crippen molar-refractivity contribution in [1.29, 1.82) is 0 Å². The molecule has 2 amide bonds. The van der Waals surface area contributed by atoms with Gasteiger partial charge in [0.25, 0.3) is 0 Å². The molecule has 1 saturated carbocycles. The molecule has 3 heterocycles. The number of nitrogens with zero attached hydrogens (tertiary/aromatic N) is 5.